The Balaban J connectivity index is 2.43. The zero-order chi connectivity index (χ0) is 25.3. The Morgan fingerprint density at radius 2 is 2.09 bits per heavy atom. The molecule has 4 nitrogen and oxygen atoms in total. The number of carbonyl (C=O) groups is 1. The van der Waals surface area contributed by atoms with Crippen molar-refractivity contribution in [3.05, 3.63) is 76.1 Å². The molecule has 180 valence electrons. The van der Waals surface area contributed by atoms with Gasteiger partial charge in [0.05, 0.1) is 17.6 Å². The largest absolute Gasteiger partial charge is 0.310 e. The number of rotatable bonds is 11. The number of nitriles is 1. The van der Waals surface area contributed by atoms with E-state index in [0.717, 1.165) is 59.1 Å². The fourth-order valence-corrected chi connectivity index (χ4v) is 3.77. The van der Waals surface area contributed by atoms with Gasteiger partial charge in [-0.3, -0.25) is 4.79 Å². The summed E-state index contributed by atoms with van der Waals surface area (Å²) in [6.07, 6.45) is 12.8. The van der Waals surface area contributed by atoms with Crippen molar-refractivity contribution in [1.29, 1.82) is 5.26 Å². The average Bonchev–Trinajstić information content (AvgIpc) is 3.54. The number of aromatic nitrogens is 1. The summed E-state index contributed by atoms with van der Waals surface area (Å²) in [4.78, 5) is 16.4. The number of halogens is 1. The van der Waals surface area contributed by atoms with Gasteiger partial charge in [-0.2, -0.15) is 5.26 Å². The monoisotopic (exact) mass is 461 g/mol. The number of unbranched alkanes of at least 4 members (excludes halogenated alkanes) is 1. The van der Waals surface area contributed by atoms with E-state index in [1.165, 1.54) is 0 Å². The molecule has 5 heteroatoms. The third kappa shape index (κ3) is 7.38. The minimum atomic E-state index is -1.05. The summed E-state index contributed by atoms with van der Waals surface area (Å²) in [7, 11) is 0. The van der Waals surface area contributed by atoms with Gasteiger partial charge in [0.1, 0.15) is 12.0 Å². The molecule has 1 aliphatic rings. The van der Waals surface area contributed by atoms with E-state index in [1.807, 2.05) is 45.9 Å². The molecule has 0 aliphatic heterocycles. The summed E-state index contributed by atoms with van der Waals surface area (Å²) >= 11 is 0. The van der Waals surface area contributed by atoms with E-state index >= 15 is 0 Å². The first-order valence-corrected chi connectivity index (χ1v) is 12.0. The second kappa shape index (κ2) is 12.8. The molecule has 1 fully saturated rings. The number of amides is 1. The number of hydrogen-bond donors (Lipinski definition) is 1. The molecule has 34 heavy (non-hydrogen) atoms. The van der Waals surface area contributed by atoms with Crippen molar-refractivity contribution in [1.82, 2.24) is 4.98 Å². The third-order valence-electron chi connectivity index (χ3n) is 5.85. The summed E-state index contributed by atoms with van der Waals surface area (Å²) in [6, 6.07) is 4.13. The van der Waals surface area contributed by atoms with Crippen molar-refractivity contribution in [2.45, 2.75) is 72.9 Å². The van der Waals surface area contributed by atoms with Gasteiger partial charge < -0.3 is 5.32 Å². The van der Waals surface area contributed by atoms with Crippen LogP contribution in [0.25, 0.3) is 6.08 Å². The SMILES string of the molecule is C=C(\C=C(C)/C(=C\C)C(=C/c1cnc(NC(=O)C2CC2F)cc1C)/C(C#N)=C/CC)CCCC. The van der Waals surface area contributed by atoms with Crippen LogP contribution in [0.5, 0.6) is 0 Å². The predicted molar refractivity (Wildman–Crippen MR) is 139 cm³/mol. The summed E-state index contributed by atoms with van der Waals surface area (Å²) in [5.41, 5.74) is 6.25. The zero-order valence-electron chi connectivity index (χ0n) is 21.0. The number of aryl methyl sites for hydroxylation is 1. The van der Waals surface area contributed by atoms with E-state index in [0.29, 0.717) is 11.4 Å². The summed E-state index contributed by atoms with van der Waals surface area (Å²) in [5.74, 6) is -0.495. The molecular formula is C29H36FN3O. The van der Waals surface area contributed by atoms with E-state index in [4.69, 9.17) is 0 Å². The molecule has 0 bridgehead atoms. The van der Waals surface area contributed by atoms with Crippen LogP contribution in [0, 0.1) is 24.2 Å². The first kappa shape index (κ1) is 27.0. The van der Waals surface area contributed by atoms with Gasteiger partial charge in [-0.25, -0.2) is 9.37 Å². The van der Waals surface area contributed by atoms with Gasteiger partial charge >= 0.3 is 0 Å². The molecule has 1 aromatic rings. The molecule has 2 unspecified atom stereocenters. The Bertz CT molecular complexity index is 1090. The molecule has 1 aromatic heterocycles. The number of nitrogens with one attached hydrogen (secondary N) is 1. The number of allylic oxidation sites excluding steroid dienone is 8. The maximum Gasteiger partial charge on any atom is 0.231 e. The lowest BCUT2D eigenvalue weighted by Crippen LogP contribution is -2.16. The molecule has 0 saturated heterocycles. The Morgan fingerprint density at radius 3 is 2.62 bits per heavy atom. The van der Waals surface area contributed by atoms with Gasteiger partial charge in [0.15, 0.2) is 0 Å². The van der Waals surface area contributed by atoms with Gasteiger partial charge in [0.25, 0.3) is 0 Å². The number of nitrogens with zero attached hydrogens (tertiary/aromatic N) is 2. The van der Waals surface area contributed by atoms with Crippen molar-refractivity contribution >= 4 is 17.8 Å². The van der Waals surface area contributed by atoms with Crippen LogP contribution in [-0.4, -0.2) is 17.1 Å². The molecule has 0 radical (unpaired) electrons. The average molecular weight is 462 g/mol. The minimum Gasteiger partial charge on any atom is -0.310 e. The molecule has 1 aliphatic carbocycles. The minimum absolute atomic E-state index is 0.277. The molecule has 1 N–H and O–H groups in total. The molecule has 2 atom stereocenters. The van der Waals surface area contributed by atoms with Gasteiger partial charge in [-0.15, -0.1) is 0 Å². The van der Waals surface area contributed by atoms with Crippen LogP contribution in [0.15, 0.2) is 64.9 Å². The van der Waals surface area contributed by atoms with E-state index in [1.54, 1.807) is 12.3 Å². The van der Waals surface area contributed by atoms with Crippen molar-refractivity contribution in [2.75, 3.05) is 5.32 Å². The first-order valence-electron chi connectivity index (χ1n) is 12.0. The van der Waals surface area contributed by atoms with Crippen LogP contribution in [0.4, 0.5) is 10.2 Å². The lowest BCUT2D eigenvalue weighted by atomic mass is 9.89. The van der Waals surface area contributed by atoms with Crippen LogP contribution < -0.4 is 5.32 Å². The van der Waals surface area contributed by atoms with Crippen molar-refractivity contribution in [3.63, 3.8) is 0 Å². The Labute approximate surface area is 203 Å². The number of alkyl halides is 1. The predicted octanol–water partition coefficient (Wildman–Crippen LogP) is 7.57. The fraction of sp³-hybridized carbons (Fsp3) is 0.414. The quantitative estimate of drug-likeness (QED) is 0.273. The Hall–Kier alpha value is -3.26. The van der Waals surface area contributed by atoms with Gasteiger partial charge in [0.2, 0.25) is 5.91 Å². The van der Waals surface area contributed by atoms with Crippen LogP contribution in [0.2, 0.25) is 0 Å². The summed E-state index contributed by atoms with van der Waals surface area (Å²) < 4.78 is 13.2. The van der Waals surface area contributed by atoms with E-state index in [2.05, 4.69) is 35.9 Å². The second-order valence-electron chi connectivity index (χ2n) is 8.76. The van der Waals surface area contributed by atoms with Crippen LogP contribution in [-0.2, 0) is 4.79 Å². The maximum atomic E-state index is 13.2. The summed E-state index contributed by atoms with van der Waals surface area (Å²) in [5, 5.41) is 12.6. The van der Waals surface area contributed by atoms with Crippen molar-refractivity contribution in [3.8, 4) is 6.07 Å². The van der Waals surface area contributed by atoms with Crippen LogP contribution in [0.3, 0.4) is 0 Å². The Morgan fingerprint density at radius 1 is 1.38 bits per heavy atom. The molecular weight excluding hydrogens is 425 g/mol. The van der Waals surface area contributed by atoms with E-state index < -0.39 is 12.1 Å². The fourth-order valence-electron chi connectivity index (χ4n) is 3.77. The normalized spacial score (nSPS) is 19.0. The van der Waals surface area contributed by atoms with Crippen molar-refractivity contribution in [2.24, 2.45) is 5.92 Å². The highest BCUT2D eigenvalue weighted by molar-refractivity contribution is 5.94. The number of hydrogen-bond acceptors (Lipinski definition) is 3. The van der Waals surface area contributed by atoms with Gasteiger partial charge in [-0.05, 0) is 86.4 Å². The smallest absolute Gasteiger partial charge is 0.231 e. The Kier molecular flexibility index (Phi) is 10.2. The molecule has 0 aromatic carbocycles. The van der Waals surface area contributed by atoms with Crippen LogP contribution >= 0.6 is 0 Å². The lowest BCUT2D eigenvalue weighted by molar-refractivity contribution is -0.117. The third-order valence-corrected chi connectivity index (χ3v) is 5.85. The highest BCUT2D eigenvalue weighted by Gasteiger charge is 2.43. The standard InChI is InChI=1S/C29H36FN3O/c1-7-10-12-19(4)13-21(6)24(9-3)25(22(17-31)11-8-2)15-23-18-32-28(14-20(23)5)33-29(34)26-16-27(26)30/h9,11,13-15,18,26-27H,4,7-8,10,12,16H2,1-3,5-6H3,(H,32,33,34)/b21-13-,22-11+,24-9+,25-15+. The lowest BCUT2D eigenvalue weighted by Gasteiger charge is -2.15. The van der Waals surface area contributed by atoms with Gasteiger partial charge in [-0.1, -0.05) is 50.6 Å². The first-order chi connectivity index (χ1) is 16.2. The molecule has 1 amide bonds. The number of carbonyl (C=O) groups excluding carboxylic acids is 1. The second-order valence-corrected chi connectivity index (χ2v) is 8.76. The molecule has 0 spiro atoms. The number of anilines is 1. The highest BCUT2D eigenvalue weighted by Crippen LogP contribution is 2.35. The number of pyridine rings is 1. The molecule has 2 rings (SSSR count). The highest BCUT2D eigenvalue weighted by atomic mass is 19.1. The van der Waals surface area contributed by atoms with E-state index in [-0.39, 0.29) is 12.3 Å². The van der Waals surface area contributed by atoms with Crippen molar-refractivity contribution < 1.29 is 9.18 Å². The van der Waals surface area contributed by atoms with Crippen LogP contribution in [0.1, 0.15) is 70.9 Å². The maximum absolute atomic E-state index is 13.2. The van der Waals surface area contributed by atoms with E-state index in [9.17, 15) is 14.4 Å². The molecule has 1 saturated carbocycles. The molecule has 1 heterocycles. The zero-order valence-corrected chi connectivity index (χ0v) is 21.0. The summed E-state index contributed by atoms with van der Waals surface area (Å²) in [6.45, 7) is 14.3. The topological polar surface area (TPSA) is 65.8 Å². The van der Waals surface area contributed by atoms with Gasteiger partial charge in [0, 0.05) is 6.20 Å².